The third-order valence-corrected chi connectivity index (χ3v) is 8.62. The van der Waals surface area contributed by atoms with E-state index in [9.17, 15) is 18.0 Å². The average Bonchev–Trinajstić information content (AvgIpc) is 3.40. The number of halogens is 1. The first-order valence-electron chi connectivity index (χ1n) is 8.62. The molecule has 1 aromatic carbocycles. The van der Waals surface area contributed by atoms with Crippen molar-refractivity contribution in [1.82, 2.24) is 9.29 Å². The number of hydrogen-bond donors (Lipinski definition) is 2. The number of benzene rings is 1. The number of thiazole rings is 1. The molecule has 3 heterocycles. The quantitative estimate of drug-likeness (QED) is 0.560. The fourth-order valence-electron chi connectivity index (χ4n) is 2.89. The molecule has 8 nitrogen and oxygen atoms in total. The fraction of sp³-hybridized carbons (Fsp3) is 0.167. The van der Waals surface area contributed by atoms with Crippen LogP contribution in [0.1, 0.15) is 5.56 Å². The summed E-state index contributed by atoms with van der Waals surface area (Å²) in [4.78, 5) is 28.2. The van der Waals surface area contributed by atoms with Gasteiger partial charge < -0.3 is 10.6 Å². The van der Waals surface area contributed by atoms with Gasteiger partial charge in [0.2, 0.25) is 11.8 Å². The number of carbonyl (C=O) groups is 2. The Bertz CT molecular complexity index is 1250. The zero-order valence-electron chi connectivity index (χ0n) is 15.5. The molecule has 0 bridgehead atoms. The molecular weight excluding hydrogens is 468 g/mol. The average molecular weight is 483 g/mol. The molecule has 30 heavy (non-hydrogen) atoms. The van der Waals surface area contributed by atoms with Crippen molar-refractivity contribution >= 4 is 66.9 Å². The van der Waals surface area contributed by atoms with E-state index in [1.54, 1.807) is 5.38 Å². The van der Waals surface area contributed by atoms with Gasteiger partial charge in [0, 0.05) is 23.7 Å². The fourth-order valence-corrected chi connectivity index (χ4v) is 6.44. The van der Waals surface area contributed by atoms with E-state index in [2.05, 4.69) is 15.6 Å². The highest BCUT2D eigenvalue weighted by atomic mass is 35.5. The van der Waals surface area contributed by atoms with E-state index >= 15 is 0 Å². The number of nitrogens with one attached hydrogen (secondary N) is 2. The maximum atomic E-state index is 12.5. The number of nitrogens with zero attached hydrogens (tertiary/aromatic N) is 2. The SMILES string of the molecule is CN(CC(=O)Nc1nc(-c2ccc3c(c2)CC(=O)N3)cs1)S(=O)(=O)c1ccc(Cl)s1. The van der Waals surface area contributed by atoms with Gasteiger partial charge in [0.1, 0.15) is 4.21 Å². The van der Waals surface area contributed by atoms with Crippen LogP contribution in [0.3, 0.4) is 0 Å². The van der Waals surface area contributed by atoms with Crippen LogP contribution in [0.2, 0.25) is 4.34 Å². The van der Waals surface area contributed by atoms with Crippen molar-refractivity contribution in [2.45, 2.75) is 10.6 Å². The molecule has 3 aromatic rings. The first-order valence-corrected chi connectivity index (χ1v) is 12.1. The Labute approximate surface area is 185 Å². The number of anilines is 2. The largest absolute Gasteiger partial charge is 0.326 e. The van der Waals surface area contributed by atoms with Crippen LogP contribution < -0.4 is 10.6 Å². The van der Waals surface area contributed by atoms with Crippen LogP contribution in [0, 0.1) is 0 Å². The van der Waals surface area contributed by atoms with Crippen molar-refractivity contribution < 1.29 is 18.0 Å². The predicted molar refractivity (Wildman–Crippen MR) is 118 cm³/mol. The summed E-state index contributed by atoms with van der Waals surface area (Å²) in [6.07, 6.45) is 0.327. The zero-order chi connectivity index (χ0) is 21.5. The van der Waals surface area contributed by atoms with Crippen LogP contribution in [0.5, 0.6) is 0 Å². The smallest absolute Gasteiger partial charge is 0.252 e. The van der Waals surface area contributed by atoms with Gasteiger partial charge in [-0.05, 0) is 29.8 Å². The van der Waals surface area contributed by atoms with Gasteiger partial charge in [-0.3, -0.25) is 9.59 Å². The molecule has 1 aliphatic rings. The summed E-state index contributed by atoms with van der Waals surface area (Å²) in [5.41, 5.74) is 3.18. The lowest BCUT2D eigenvalue weighted by Crippen LogP contribution is -2.34. The highest BCUT2D eigenvalue weighted by Crippen LogP contribution is 2.31. The van der Waals surface area contributed by atoms with E-state index in [-0.39, 0.29) is 16.7 Å². The molecule has 2 amide bonds. The summed E-state index contributed by atoms with van der Waals surface area (Å²) >= 11 is 7.97. The topological polar surface area (TPSA) is 108 Å². The Morgan fingerprint density at radius 1 is 1.33 bits per heavy atom. The summed E-state index contributed by atoms with van der Waals surface area (Å²) < 4.78 is 26.4. The molecule has 2 aromatic heterocycles. The van der Waals surface area contributed by atoms with Gasteiger partial charge in [-0.25, -0.2) is 13.4 Å². The number of sulfonamides is 1. The molecule has 0 atom stereocenters. The van der Waals surface area contributed by atoms with Crippen molar-refractivity contribution in [3.63, 3.8) is 0 Å². The normalized spacial score (nSPS) is 13.4. The molecule has 12 heteroatoms. The maximum absolute atomic E-state index is 12.5. The van der Waals surface area contributed by atoms with Gasteiger partial charge in [0.25, 0.3) is 10.0 Å². The molecular formula is C18H15ClN4O4S3. The molecule has 156 valence electrons. The highest BCUT2D eigenvalue weighted by Gasteiger charge is 2.25. The molecule has 0 spiro atoms. The molecule has 4 rings (SSSR count). The number of carbonyl (C=O) groups excluding carboxylic acids is 2. The molecule has 0 fully saturated rings. The number of hydrogen-bond acceptors (Lipinski definition) is 7. The van der Waals surface area contributed by atoms with Crippen molar-refractivity contribution in [3.8, 4) is 11.3 Å². The third-order valence-electron chi connectivity index (χ3n) is 4.36. The van der Waals surface area contributed by atoms with Crippen molar-refractivity contribution in [3.05, 3.63) is 45.6 Å². The Morgan fingerprint density at radius 3 is 2.87 bits per heavy atom. The van der Waals surface area contributed by atoms with Crippen molar-refractivity contribution in [2.24, 2.45) is 0 Å². The second kappa shape index (κ2) is 8.08. The Kier molecular flexibility index (Phi) is 5.64. The molecule has 0 saturated carbocycles. The minimum absolute atomic E-state index is 0.0442. The highest BCUT2D eigenvalue weighted by molar-refractivity contribution is 7.91. The second-order valence-electron chi connectivity index (χ2n) is 6.50. The van der Waals surface area contributed by atoms with Gasteiger partial charge in [0.05, 0.1) is 23.0 Å². The number of thiophene rings is 1. The standard InChI is InChI=1S/C18H15ClN4O4S3/c1-23(30(26,27)17-5-4-14(19)29-17)8-16(25)22-18-21-13(9-28-18)10-2-3-12-11(6-10)7-15(24)20-12/h2-6,9H,7-8H2,1H3,(H,20,24)(H,21,22,25). The lowest BCUT2D eigenvalue weighted by molar-refractivity contribution is -0.116. The van der Waals surface area contributed by atoms with Crippen LogP contribution >= 0.6 is 34.3 Å². The summed E-state index contributed by atoms with van der Waals surface area (Å²) in [6, 6.07) is 8.46. The minimum Gasteiger partial charge on any atom is -0.326 e. The summed E-state index contributed by atoms with van der Waals surface area (Å²) in [5.74, 6) is -0.550. The van der Waals surface area contributed by atoms with E-state index in [0.29, 0.717) is 21.6 Å². The van der Waals surface area contributed by atoms with E-state index in [0.717, 1.165) is 32.5 Å². The molecule has 0 saturated heterocycles. The maximum Gasteiger partial charge on any atom is 0.252 e. The second-order valence-corrected chi connectivity index (χ2v) is 11.3. The first kappa shape index (κ1) is 20.9. The molecule has 0 aliphatic carbocycles. The number of fused-ring (bicyclic) bond motifs is 1. The van der Waals surface area contributed by atoms with Crippen molar-refractivity contribution in [2.75, 3.05) is 24.2 Å². The predicted octanol–water partition coefficient (Wildman–Crippen LogP) is 3.28. The Balaban J connectivity index is 1.42. The van der Waals surface area contributed by atoms with Crippen LogP contribution in [-0.4, -0.2) is 43.1 Å². The third kappa shape index (κ3) is 4.25. The first-order chi connectivity index (χ1) is 14.2. The Hall–Kier alpha value is -2.31. The van der Waals surface area contributed by atoms with Crippen LogP contribution in [0.4, 0.5) is 10.8 Å². The van der Waals surface area contributed by atoms with Gasteiger partial charge in [-0.2, -0.15) is 4.31 Å². The lowest BCUT2D eigenvalue weighted by atomic mass is 10.1. The zero-order valence-corrected chi connectivity index (χ0v) is 18.7. The van der Waals surface area contributed by atoms with Crippen LogP contribution in [0.15, 0.2) is 39.9 Å². The van der Waals surface area contributed by atoms with Crippen LogP contribution in [-0.2, 0) is 26.0 Å². The number of likely N-dealkylation sites (N-methyl/N-ethyl adjacent to an activating group) is 1. The summed E-state index contributed by atoms with van der Waals surface area (Å²) in [6.45, 7) is -0.362. The monoisotopic (exact) mass is 482 g/mol. The lowest BCUT2D eigenvalue weighted by Gasteiger charge is -2.15. The van der Waals surface area contributed by atoms with Crippen molar-refractivity contribution in [1.29, 1.82) is 0 Å². The summed E-state index contributed by atoms with van der Waals surface area (Å²) in [5, 5.41) is 7.54. The molecule has 0 unspecified atom stereocenters. The van der Waals surface area contributed by atoms with Gasteiger partial charge >= 0.3 is 0 Å². The molecule has 2 N–H and O–H groups in total. The summed E-state index contributed by atoms with van der Waals surface area (Å²) in [7, 11) is -2.47. The van der Waals surface area contributed by atoms with Gasteiger partial charge in [0.15, 0.2) is 5.13 Å². The van der Waals surface area contributed by atoms with Gasteiger partial charge in [-0.15, -0.1) is 22.7 Å². The number of amides is 2. The van der Waals surface area contributed by atoms with Gasteiger partial charge in [-0.1, -0.05) is 17.7 Å². The minimum atomic E-state index is -3.80. The number of aromatic nitrogens is 1. The molecule has 1 aliphatic heterocycles. The van der Waals surface area contributed by atoms with E-state index in [1.165, 1.54) is 30.5 Å². The van der Waals surface area contributed by atoms with Crippen LogP contribution in [0.25, 0.3) is 11.3 Å². The van der Waals surface area contributed by atoms with E-state index in [4.69, 9.17) is 11.6 Å². The van der Waals surface area contributed by atoms with E-state index in [1.807, 2.05) is 18.2 Å². The molecule has 0 radical (unpaired) electrons. The Morgan fingerprint density at radius 2 is 2.13 bits per heavy atom. The van der Waals surface area contributed by atoms with E-state index < -0.39 is 15.9 Å². The number of rotatable bonds is 6.